The first-order chi connectivity index (χ1) is 11.2. The van der Waals surface area contributed by atoms with Crippen molar-refractivity contribution in [2.75, 3.05) is 0 Å². The maximum Gasteiger partial charge on any atom is 0.307 e. The van der Waals surface area contributed by atoms with Crippen molar-refractivity contribution >= 4 is 5.97 Å². The fourth-order valence-corrected chi connectivity index (χ4v) is 3.34. The van der Waals surface area contributed by atoms with Crippen molar-refractivity contribution in [1.29, 1.82) is 0 Å². The normalized spacial score (nSPS) is 14.2. The van der Waals surface area contributed by atoms with Gasteiger partial charge in [0.1, 0.15) is 0 Å². The second-order valence-corrected chi connectivity index (χ2v) is 6.92. The van der Waals surface area contributed by atoms with E-state index in [1.807, 2.05) is 19.1 Å². The molecule has 23 heavy (non-hydrogen) atoms. The Bertz CT molecular complexity index is 296. The lowest BCUT2D eigenvalue weighted by molar-refractivity contribution is -0.143. The topological polar surface area (TPSA) is 37.3 Å². The summed E-state index contributed by atoms with van der Waals surface area (Å²) in [5.41, 5.74) is 0. The van der Waals surface area contributed by atoms with Gasteiger partial charge in [0, 0.05) is 0 Å². The van der Waals surface area contributed by atoms with Crippen molar-refractivity contribution in [2.24, 2.45) is 11.8 Å². The van der Waals surface area contributed by atoms with E-state index in [-0.39, 0.29) is 5.92 Å². The number of carboxylic acid groups (broad SMARTS) is 1. The SMILES string of the molecule is CC=CCC(C(=O)O)C(CCCCCC)CCCCCCCC. The van der Waals surface area contributed by atoms with E-state index >= 15 is 0 Å². The summed E-state index contributed by atoms with van der Waals surface area (Å²) in [6.45, 7) is 6.44. The van der Waals surface area contributed by atoms with Gasteiger partial charge in [0.05, 0.1) is 5.92 Å². The molecule has 136 valence electrons. The van der Waals surface area contributed by atoms with Gasteiger partial charge in [-0.3, -0.25) is 4.79 Å². The number of carboxylic acids is 1. The first-order valence-electron chi connectivity index (χ1n) is 10.0. The van der Waals surface area contributed by atoms with E-state index in [4.69, 9.17) is 0 Å². The lowest BCUT2D eigenvalue weighted by Gasteiger charge is -2.23. The lowest BCUT2D eigenvalue weighted by atomic mass is 9.81. The Labute approximate surface area is 144 Å². The molecule has 0 amide bonds. The molecule has 0 bridgehead atoms. The molecule has 0 aliphatic carbocycles. The maximum absolute atomic E-state index is 11.7. The Hall–Kier alpha value is -0.790. The van der Waals surface area contributed by atoms with Crippen LogP contribution in [0.15, 0.2) is 12.2 Å². The third-order valence-corrected chi connectivity index (χ3v) is 4.87. The van der Waals surface area contributed by atoms with Gasteiger partial charge >= 0.3 is 5.97 Å². The van der Waals surface area contributed by atoms with E-state index in [1.54, 1.807) is 0 Å². The van der Waals surface area contributed by atoms with Crippen molar-refractivity contribution < 1.29 is 9.90 Å². The van der Waals surface area contributed by atoms with Crippen molar-refractivity contribution in [3.63, 3.8) is 0 Å². The minimum atomic E-state index is -0.602. The molecule has 2 unspecified atom stereocenters. The fourth-order valence-electron chi connectivity index (χ4n) is 3.34. The number of allylic oxidation sites excluding steroid dienone is 2. The lowest BCUT2D eigenvalue weighted by Crippen LogP contribution is -2.23. The Balaban J connectivity index is 4.36. The largest absolute Gasteiger partial charge is 0.481 e. The van der Waals surface area contributed by atoms with Gasteiger partial charge in [-0.25, -0.2) is 0 Å². The zero-order valence-corrected chi connectivity index (χ0v) is 15.9. The van der Waals surface area contributed by atoms with E-state index in [1.165, 1.54) is 64.2 Å². The second-order valence-electron chi connectivity index (χ2n) is 6.92. The summed E-state index contributed by atoms with van der Waals surface area (Å²) in [5.74, 6) is -0.440. The van der Waals surface area contributed by atoms with Crippen LogP contribution in [0, 0.1) is 11.8 Å². The van der Waals surface area contributed by atoms with Gasteiger partial charge < -0.3 is 5.11 Å². The molecule has 0 aliphatic heterocycles. The molecule has 0 aromatic rings. The molecule has 0 spiro atoms. The molecule has 0 heterocycles. The summed E-state index contributed by atoms with van der Waals surface area (Å²) in [6.07, 6.45) is 19.5. The molecule has 0 radical (unpaired) electrons. The molecule has 0 fully saturated rings. The first-order valence-corrected chi connectivity index (χ1v) is 10.0. The van der Waals surface area contributed by atoms with Gasteiger partial charge in [-0.2, -0.15) is 0 Å². The Morgan fingerprint density at radius 1 is 0.870 bits per heavy atom. The van der Waals surface area contributed by atoms with Crippen molar-refractivity contribution in [1.82, 2.24) is 0 Å². The molecule has 0 saturated carbocycles. The standard InChI is InChI=1S/C21H40O2/c1-4-7-10-12-13-15-17-19(16-14-11-8-5-2)20(21(22)23)18-9-6-3/h6,9,19-20H,4-5,7-8,10-18H2,1-3H3,(H,22,23). The molecule has 1 N–H and O–H groups in total. The smallest absolute Gasteiger partial charge is 0.307 e. The van der Waals surface area contributed by atoms with Crippen LogP contribution >= 0.6 is 0 Å². The van der Waals surface area contributed by atoms with E-state index in [0.717, 1.165) is 12.8 Å². The number of aliphatic carboxylic acids is 1. The number of rotatable bonds is 16. The highest BCUT2D eigenvalue weighted by Gasteiger charge is 2.26. The minimum absolute atomic E-state index is 0.191. The van der Waals surface area contributed by atoms with Crippen molar-refractivity contribution in [3.05, 3.63) is 12.2 Å². The summed E-state index contributed by atoms with van der Waals surface area (Å²) in [5, 5.41) is 9.61. The second kappa shape index (κ2) is 16.1. The maximum atomic E-state index is 11.7. The monoisotopic (exact) mass is 324 g/mol. The summed E-state index contributed by atoms with van der Waals surface area (Å²) in [7, 11) is 0. The molecular weight excluding hydrogens is 284 g/mol. The van der Waals surface area contributed by atoms with Crippen LogP contribution in [-0.2, 0) is 4.79 Å². The van der Waals surface area contributed by atoms with Crippen LogP contribution in [0.4, 0.5) is 0 Å². The summed E-state index contributed by atoms with van der Waals surface area (Å²) < 4.78 is 0. The molecule has 0 aromatic heterocycles. The van der Waals surface area contributed by atoms with Crippen LogP contribution in [0.25, 0.3) is 0 Å². The van der Waals surface area contributed by atoms with Crippen LogP contribution in [-0.4, -0.2) is 11.1 Å². The average molecular weight is 325 g/mol. The van der Waals surface area contributed by atoms with Gasteiger partial charge in [0.25, 0.3) is 0 Å². The highest BCUT2D eigenvalue weighted by atomic mass is 16.4. The van der Waals surface area contributed by atoms with E-state index in [9.17, 15) is 9.90 Å². The summed E-state index contributed by atoms with van der Waals surface area (Å²) >= 11 is 0. The highest BCUT2D eigenvalue weighted by molar-refractivity contribution is 5.70. The third kappa shape index (κ3) is 12.3. The van der Waals surface area contributed by atoms with Gasteiger partial charge in [0.15, 0.2) is 0 Å². The predicted molar refractivity (Wildman–Crippen MR) is 101 cm³/mol. The van der Waals surface area contributed by atoms with Crippen LogP contribution in [0.3, 0.4) is 0 Å². The van der Waals surface area contributed by atoms with Crippen molar-refractivity contribution in [3.8, 4) is 0 Å². The third-order valence-electron chi connectivity index (χ3n) is 4.87. The number of hydrogen-bond acceptors (Lipinski definition) is 1. The Morgan fingerprint density at radius 3 is 1.83 bits per heavy atom. The van der Waals surface area contributed by atoms with Crippen LogP contribution in [0.2, 0.25) is 0 Å². The van der Waals surface area contributed by atoms with Crippen LogP contribution in [0.5, 0.6) is 0 Å². The van der Waals surface area contributed by atoms with Gasteiger partial charge in [0.2, 0.25) is 0 Å². The number of unbranched alkanes of at least 4 members (excludes halogenated alkanes) is 8. The van der Waals surface area contributed by atoms with E-state index in [0.29, 0.717) is 12.3 Å². The fraction of sp³-hybridized carbons (Fsp3) is 0.857. The summed E-state index contributed by atoms with van der Waals surface area (Å²) in [4.78, 5) is 11.7. The van der Waals surface area contributed by atoms with Crippen LogP contribution < -0.4 is 0 Å². The zero-order valence-electron chi connectivity index (χ0n) is 15.9. The molecular formula is C21H40O2. The Morgan fingerprint density at radius 2 is 1.35 bits per heavy atom. The number of carbonyl (C=O) groups is 1. The van der Waals surface area contributed by atoms with E-state index < -0.39 is 5.97 Å². The van der Waals surface area contributed by atoms with Crippen LogP contribution in [0.1, 0.15) is 104 Å². The highest BCUT2D eigenvalue weighted by Crippen LogP contribution is 2.29. The van der Waals surface area contributed by atoms with E-state index in [2.05, 4.69) is 13.8 Å². The van der Waals surface area contributed by atoms with Crippen molar-refractivity contribution in [2.45, 2.75) is 104 Å². The molecule has 2 heteroatoms. The molecule has 0 saturated heterocycles. The summed E-state index contributed by atoms with van der Waals surface area (Å²) in [6, 6.07) is 0. The predicted octanol–water partition coefficient (Wildman–Crippen LogP) is 6.99. The molecule has 0 aromatic carbocycles. The molecule has 0 aliphatic rings. The number of hydrogen-bond donors (Lipinski definition) is 1. The first kappa shape index (κ1) is 22.2. The molecule has 2 atom stereocenters. The zero-order chi connectivity index (χ0) is 17.3. The van der Waals surface area contributed by atoms with Gasteiger partial charge in [-0.05, 0) is 32.1 Å². The quantitative estimate of drug-likeness (QED) is 0.245. The molecule has 2 nitrogen and oxygen atoms in total. The average Bonchev–Trinajstić information content (AvgIpc) is 2.53. The molecule has 0 rings (SSSR count). The van der Waals surface area contributed by atoms with Gasteiger partial charge in [-0.1, -0.05) is 90.2 Å². The minimum Gasteiger partial charge on any atom is -0.481 e. The van der Waals surface area contributed by atoms with Gasteiger partial charge in [-0.15, -0.1) is 0 Å². The Kier molecular flexibility index (Phi) is 15.5.